The van der Waals surface area contributed by atoms with Gasteiger partial charge in [0.2, 0.25) is 5.91 Å². The standard InChI is InChI=1S/C25H33NO3S/c1-16-6-8-18(9-7-16)20-11-13-26(17(2)27)15-22(20)21-14-19(10-12-25(3,4)5)30-23(21)24(28)29/h14,16,18H,6-9,11,13,15H2,1-5H3,(H,28,29). The monoisotopic (exact) mass is 427 g/mol. The van der Waals surface area contributed by atoms with Gasteiger partial charge in [0.15, 0.2) is 0 Å². The summed E-state index contributed by atoms with van der Waals surface area (Å²) in [7, 11) is 0. The van der Waals surface area contributed by atoms with Gasteiger partial charge in [0.1, 0.15) is 4.88 Å². The summed E-state index contributed by atoms with van der Waals surface area (Å²) in [6.07, 6.45) is 5.59. The summed E-state index contributed by atoms with van der Waals surface area (Å²) < 4.78 is 0. The first kappa shape index (κ1) is 22.6. The van der Waals surface area contributed by atoms with Crippen LogP contribution >= 0.6 is 11.3 Å². The fraction of sp³-hybridized carbons (Fsp3) is 0.600. The Morgan fingerprint density at radius 2 is 1.87 bits per heavy atom. The Morgan fingerprint density at radius 3 is 2.43 bits per heavy atom. The molecule has 1 fully saturated rings. The maximum atomic E-state index is 12.1. The lowest BCUT2D eigenvalue weighted by Crippen LogP contribution is -2.36. The molecule has 3 rings (SSSR count). The van der Waals surface area contributed by atoms with Gasteiger partial charge >= 0.3 is 5.97 Å². The zero-order valence-corrected chi connectivity index (χ0v) is 19.6. The summed E-state index contributed by atoms with van der Waals surface area (Å²) in [6.45, 7) is 11.3. The lowest BCUT2D eigenvalue weighted by Gasteiger charge is -2.36. The van der Waals surface area contributed by atoms with E-state index in [0.717, 1.165) is 47.7 Å². The third-order valence-corrected chi connectivity index (χ3v) is 7.19. The molecular formula is C25H33NO3S. The number of rotatable bonds is 3. The normalized spacial score (nSPS) is 22.5. The molecule has 0 atom stereocenters. The minimum Gasteiger partial charge on any atom is -0.477 e. The van der Waals surface area contributed by atoms with Crippen LogP contribution in [0.5, 0.6) is 0 Å². The number of thiophene rings is 1. The summed E-state index contributed by atoms with van der Waals surface area (Å²) in [6, 6.07) is 1.94. The molecule has 1 saturated carbocycles. The van der Waals surface area contributed by atoms with Crippen molar-refractivity contribution in [3.8, 4) is 11.8 Å². The molecule has 0 unspecified atom stereocenters. The molecule has 162 valence electrons. The maximum Gasteiger partial charge on any atom is 0.346 e. The van der Waals surface area contributed by atoms with Crippen LogP contribution in [-0.2, 0) is 4.79 Å². The molecule has 1 aromatic rings. The van der Waals surface area contributed by atoms with E-state index in [-0.39, 0.29) is 11.3 Å². The van der Waals surface area contributed by atoms with E-state index in [0.29, 0.717) is 17.3 Å². The van der Waals surface area contributed by atoms with Crippen LogP contribution in [-0.4, -0.2) is 35.0 Å². The van der Waals surface area contributed by atoms with Gasteiger partial charge < -0.3 is 10.0 Å². The number of carboxylic acids is 1. The summed E-state index contributed by atoms with van der Waals surface area (Å²) in [5.41, 5.74) is 3.04. The summed E-state index contributed by atoms with van der Waals surface area (Å²) in [5.74, 6) is 6.78. The van der Waals surface area contributed by atoms with Crippen LogP contribution in [0.1, 0.15) is 86.8 Å². The fourth-order valence-electron chi connectivity index (χ4n) is 4.45. The van der Waals surface area contributed by atoms with Crippen LogP contribution < -0.4 is 0 Å². The van der Waals surface area contributed by atoms with Crippen LogP contribution in [0, 0.1) is 29.1 Å². The van der Waals surface area contributed by atoms with Crippen molar-refractivity contribution in [3.05, 3.63) is 27.0 Å². The topological polar surface area (TPSA) is 57.6 Å². The average molecular weight is 428 g/mol. The highest BCUT2D eigenvalue weighted by Crippen LogP contribution is 2.42. The second-order valence-corrected chi connectivity index (χ2v) is 10.9. The largest absolute Gasteiger partial charge is 0.477 e. The molecule has 0 radical (unpaired) electrons. The minimum atomic E-state index is -0.914. The van der Waals surface area contributed by atoms with Gasteiger partial charge in [-0.1, -0.05) is 37.2 Å². The molecule has 0 bridgehead atoms. The Balaban J connectivity index is 2.08. The Bertz CT molecular complexity index is 914. The first-order chi connectivity index (χ1) is 14.0. The van der Waals surface area contributed by atoms with Gasteiger partial charge in [0.25, 0.3) is 0 Å². The lowest BCUT2D eigenvalue weighted by atomic mass is 9.75. The molecule has 1 aliphatic heterocycles. The minimum absolute atomic E-state index is 0.0451. The van der Waals surface area contributed by atoms with Gasteiger partial charge in [-0.2, -0.15) is 0 Å². The predicted octanol–water partition coefficient (Wildman–Crippen LogP) is 5.68. The van der Waals surface area contributed by atoms with Crippen molar-refractivity contribution < 1.29 is 14.7 Å². The van der Waals surface area contributed by atoms with Gasteiger partial charge in [-0.05, 0) is 63.5 Å². The average Bonchev–Trinajstić information content (AvgIpc) is 3.11. The van der Waals surface area contributed by atoms with Crippen LogP contribution in [0.4, 0.5) is 0 Å². The fourth-order valence-corrected chi connectivity index (χ4v) is 5.33. The second-order valence-electron chi connectivity index (χ2n) is 9.81. The lowest BCUT2D eigenvalue weighted by molar-refractivity contribution is -0.128. The predicted molar refractivity (Wildman–Crippen MR) is 123 cm³/mol. The van der Waals surface area contributed by atoms with E-state index in [1.807, 2.05) is 31.7 Å². The van der Waals surface area contributed by atoms with Crippen molar-refractivity contribution >= 4 is 28.8 Å². The van der Waals surface area contributed by atoms with Gasteiger partial charge in [-0.15, -0.1) is 11.3 Å². The quantitative estimate of drug-likeness (QED) is 0.632. The van der Waals surface area contributed by atoms with E-state index in [2.05, 4.69) is 18.8 Å². The Kier molecular flexibility index (Phi) is 6.77. The SMILES string of the molecule is CC(=O)N1CCC(C2CCC(C)CC2)=C(c2cc(C#CC(C)(C)C)sc2C(=O)O)C1. The molecule has 2 aliphatic rings. The van der Waals surface area contributed by atoms with Gasteiger partial charge in [-0.3, -0.25) is 4.79 Å². The first-order valence-corrected chi connectivity index (χ1v) is 11.7. The molecule has 0 spiro atoms. The number of amides is 1. The first-order valence-electron chi connectivity index (χ1n) is 10.9. The third-order valence-electron chi connectivity index (χ3n) is 6.15. The third kappa shape index (κ3) is 5.35. The number of aromatic carboxylic acids is 1. The molecule has 5 heteroatoms. The number of carbonyl (C=O) groups is 2. The number of carbonyl (C=O) groups excluding carboxylic acids is 1. The van der Waals surface area contributed by atoms with Gasteiger partial charge in [-0.25, -0.2) is 4.79 Å². The van der Waals surface area contributed by atoms with Crippen LogP contribution in [0.3, 0.4) is 0 Å². The van der Waals surface area contributed by atoms with E-state index < -0.39 is 5.97 Å². The van der Waals surface area contributed by atoms with E-state index in [1.54, 1.807) is 6.92 Å². The van der Waals surface area contributed by atoms with Gasteiger partial charge in [0, 0.05) is 31.0 Å². The number of hydrogen-bond acceptors (Lipinski definition) is 3. The zero-order chi connectivity index (χ0) is 22.1. The number of nitrogens with zero attached hydrogens (tertiary/aromatic N) is 1. The van der Waals surface area contributed by atoms with Crippen LogP contribution in [0.15, 0.2) is 11.6 Å². The maximum absolute atomic E-state index is 12.1. The van der Waals surface area contributed by atoms with Crippen molar-refractivity contribution in [2.24, 2.45) is 17.3 Å². The Morgan fingerprint density at radius 1 is 1.20 bits per heavy atom. The highest BCUT2D eigenvalue weighted by Gasteiger charge is 2.31. The number of hydrogen-bond donors (Lipinski definition) is 1. The molecule has 1 aliphatic carbocycles. The molecule has 2 heterocycles. The molecule has 1 N–H and O–H groups in total. The van der Waals surface area contributed by atoms with E-state index in [4.69, 9.17) is 0 Å². The van der Waals surface area contributed by atoms with Crippen molar-refractivity contribution in [2.75, 3.05) is 13.1 Å². The highest BCUT2D eigenvalue weighted by atomic mass is 32.1. The van der Waals surface area contributed by atoms with E-state index in [9.17, 15) is 14.7 Å². The number of carboxylic acid groups (broad SMARTS) is 1. The molecule has 0 saturated heterocycles. The molecule has 1 amide bonds. The van der Waals surface area contributed by atoms with Crippen LogP contribution in [0.2, 0.25) is 0 Å². The summed E-state index contributed by atoms with van der Waals surface area (Å²) >= 11 is 1.25. The van der Waals surface area contributed by atoms with E-state index >= 15 is 0 Å². The van der Waals surface area contributed by atoms with Crippen LogP contribution in [0.25, 0.3) is 5.57 Å². The molecule has 0 aromatic carbocycles. The summed E-state index contributed by atoms with van der Waals surface area (Å²) in [4.78, 5) is 27.1. The Labute approximate surface area is 184 Å². The van der Waals surface area contributed by atoms with Gasteiger partial charge in [0.05, 0.1) is 4.88 Å². The molecule has 30 heavy (non-hydrogen) atoms. The van der Waals surface area contributed by atoms with E-state index in [1.165, 1.54) is 29.8 Å². The van der Waals surface area contributed by atoms with Crippen molar-refractivity contribution in [3.63, 3.8) is 0 Å². The van der Waals surface area contributed by atoms with Crippen molar-refractivity contribution in [1.82, 2.24) is 4.90 Å². The van der Waals surface area contributed by atoms with Crippen molar-refractivity contribution in [1.29, 1.82) is 0 Å². The summed E-state index contributed by atoms with van der Waals surface area (Å²) in [5, 5.41) is 9.90. The second kappa shape index (κ2) is 8.98. The highest BCUT2D eigenvalue weighted by molar-refractivity contribution is 7.14. The zero-order valence-electron chi connectivity index (χ0n) is 18.8. The molecule has 1 aromatic heterocycles. The smallest absolute Gasteiger partial charge is 0.346 e. The van der Waals surface area contributed by atoms with Crippen molar-refractivity contribution in [2.45, 2.75) is 66.7 Å². The Hall–Kier alpha value is -2.06. The molecular weight excluding hydrogens is 394 g/mol. The molecule has 4 nitrogen and oxygen atoms in total.